The fourth-order valence-corrected chi connectivity index (χ4v) is 3.88. The van der Waals surface area contributed by atoms with Gasteiger partial charge in [0.05, 0.1) is 17.4 Å². The molecule has 0 atom stereocenters. The number of aromatic nitrogens is 5. The summed E-state index contributed by atoms with van der Waals surface area (Å²) in [5, 5.41) is 0. The Hall–Kier alpha value is -2.69. The van der Waals surface area contributed by atoms with E-state index in [-0.39, 0.29) is 0 Å². The van der Waals surface area contributed by atoms with Crippen LogP contribution in [0.5, 0.6) is 0 Å². The fraction of sp³-hybridized carbons (Fsp3) is 0.316. The van der Waals surface area contributed by atoms with Gasteiger partial charge < -0.3 is 8.97 Å². The van der Waals surface area contributed by atoms with Gasteiger partial charge in [-0.3, -0.25) is 4.98 Å². The number of hydrogen-bond acceptors (Lipinski definition) is 3. The maximum atomic E-state index is 4.60. The van der Waals surface area contributed by atoms with Crippen LogP contribution in [0.4, 0.5) is 0 Å². The first kappa shape index (κ1) is 13.7. The molecular weight excluding hydrogens is 298 g/mol. The van der Waals surface area contributed by atoms with E-state index in [4.69, 9.17) is 0 Å². The first-order chi connectivity index (χ1) is 11.9. The maximum Gasteiger partial charge on any atom is 0.163 e. The normalized spacial score (nSPS) is 16.2. The van der Waals surface area contributed by atoms with E-state index >= 15 is 0 Å². The van der Waals surface area contributed by atoms with Crippen molar-refractivity contribution in [2.75, 3.05) is 0 Å². The van der Waals surface area contributed by atoms with Gasteiger partial charge in [-0.25, -0.2) is 9.97 Å². The molecule has 5 rings (SSSR count). The molecular formula is C19H19N5. The molecule has 0 unspecified atom stereocenters. The van der Waals surface area contributed by atoms with Crippen molar-refractivity contribution in [2.45, 2.75) is 38.1 Å². The summed E-state index contributed by atoms with van der Waals surface area (Å²) in [6.07, 6.45) is 16.0. The lowest BCUT2D eigenvalue weighted by molar-refractivity contribution is 0.359. The summed E-state index contributed by atoms with van der Waals surface area (Å²) in [4.78, 5) is 13.6. The molecule has 5 heteroatoms. The van der Waals surface area contributed by atoms with Gasteiger partial charge >= 0.3 is 0 Å². The Balaban J connectivity index is 1.66. The van der Waals surface area contributed by atoms with Gasteiger partial charge in [-0.05, 0) is 25.0 Å². The molecule has 1 fully saturated rings. The van der Waals surface area contributed by atoms with Crippen molar-refractivity contribution in [3.05, 3.63) is 49.3 Å². The van der Waals surface area contributed by atoms with Gasteiger partial charge in [0.1, 0.15) is 5.69 Å². The lowest BCUT2D eigenvalue weighted by Crippen LogP contribution is -2.11. The zero-order valence-corrected chi connectivity index (χ0v) is 13.5. The molecule has 5 nitrogen and oxygen atoms in total. The first-order valence-corrected chi connectivity index (χ1v) is 8.65. The van der Waals surface area contributed by atoms with Gasteiger partial charge in [0.25, 0.3) is 0 Å². The third-order valence-corrected chi connectivity index (χ3v) is 5.13. The first-order valence-electron chi connectivity index (χ1n) is 8.65. The number of benzene rings is 1. The molecule has 0 bridgehead atoms. The van der Waals surface area contributed by atoms with E-state index in [0.717, 1.165) is 22.4 Å². The zero-order chi connectivity index (χ0) is 15.9. The second-order valence-corrected chi connectivity index (χ2v) is 6.58. The monoisotopic (exact) mass is 317 g/mol. The van der Waals surface area contributed by atoms with Crippen molar-refractivity contribution < 1.29 is 0 Å². The van der Waals surface area contributed by atoms with E-state index in [0.29, 0.717) is 6.04 Å². The van der Waals surface area contributed by atoms with Crippen LogP contribution in [0.2, 0.25) is 0 Å². The highest BCUT2D eigenvalue weighted by molar-refractivity contribution is 5.84. The van der Waals surface area contributed by atoms with Crippen molar-refractivity contribution >= 4 is 16.7 Å². The fourth-order valence-electron chi connectivity index (χ4n) is 3.88. The molecule has 0 spiro atoms. The number of imidazole rings is 2. The van der Waals surface area contributed by atoms with Crippen LogP contribution < -0.4 is 0 Å². The van der Waals surface area contributed by atoms with Crippen molar-refractivity contribution in [1.82, 2.24) is 23.9 Å². The maximum absolute atomic E-state index is 4.60. The van der Waals surface area contributed by atoms with Gasteiger partial charge in [0, 0.05) is 36.4 Å². The minimum Gasteiger partial charge on any atom is -0.327 e. The molecule has 24 heavy (non-hydrogen) atoms. The molecule has 0 radical (unpaired) electrons. The smallest absolute Gasteiger partial charge is 0.163 e. The SMILES string of the molecule is c1cn2ccnc2c(-c2ccc3ncn(C4CCCCC4)c3c2)n1. The Morgan fingerprint density at radius 1 is 0.917 bits per heavy atom. The molecule has 3 heterocycles. The van der Waals surface area contributed by atoms with Crippen LogP contribution >= 0.6 is 0 Å². The van der Waals surface area contributed by atoms with E-state index in [2.05, 4.69) is 37.7 Å². The molecule has 1 saturated carbocycles. The van der Waals surface area contributed by atoms with E-state index in [1.165, 1.54) is 37.6 Å². The predicted molar refractivity (Wildman–Crippen MR) is 93.8 cm³/mol. The Morgan fingerprint density at radius 2 is 1.75 bits per heavy atom. The topological polar surface area (TPSA) is 48.0 Å². The van der Waals surface area contributed by atoms with Gasteiger partial charge in [-0.2, -0.15) is 0 Å². The number of hydrogen-bond donors (Lipinski definition) is 0. The third-order valence-electron chi connectivity index (χ3n) is 5.13. The standard InChI is InChI=1S/C19H19N5/c1-2-4-15(5-3-1)24-13-22-16-7-6-14(12-17(16)24)18-19-21-9-11-23(19)10-8-20-18/h6-13,15H,1-5H2. The molecule has 0 saturated heterocycles. The van der Waals surface area contributed by atoms with Crippen LogP contribution in [0.1, 0.15) is 38.1 Å². The second kappa shape index (κ2) is 5.44. The molecule has 1 aliphatic carbocycles. The van der Waals surface area contributed by atoms with Crippen LogP contribution in [0.15, 0.2) is 49.3 Å². The van der Waals surface area contributed by atoms with Crippen LogP contribution in [0.25, 0.3) is 27.9 Å². The molecule has 120 valence electrons. The van der Waals surface area contributed by atoms with Gasteiger partial charge in [-0.1, -0.05) is 25.3 Å². The van der Waals surface area contributed by atoms with E-state index < -0.39 is 0 Å². The van der Waals surface area contributed by atoms with Crippen molar-refractivity contribution in [2.24, 2.45) is 0 Å². The molecule has 4 aromatic rings. The summed E-state index contributed by atoms with van der Waals surface area (Å²) in [5.74, 6) is 0. The highest BCUT2D eigenvalue weighted by Crippen LogP contribution is 2.32. The predicted octanol–water partition coefficient (Wildman–Crippen LogP) is 4.25. The average Bonchev–Trinajstić information content (AvgIpc) is 3.28. The van der Waals surface area contributed by atoms with Crippen molar-refractivity contribution in [3.63, 3.8) is 0 Å². The summed E-state index contributed by atoms with van der Waals surface area (Å²) in [6.45, 7) is 0. The van der Waals surface area contributed by atoms with Crippen LogP contribution in [-0.2, 0) is 0 Å². The lowest BCUT2D eigenvalue weighted by Gasteiger charge is -2.23. The minimum absolute atomic E-state index is 0.578. The van der Waals surface area contributed by atoms with Gasteiger partial charge in [0.2, 0.25) is 0 Å². The average molecular weight is 317 g/mol. The molecule has 1 aliphatic rings. The zero-order valence-electron chi connectivity index (χ0n) is 13.5. The molecule has 3 aromatic heterocycles. The summed E-state index contributed by atoms with van der Waals surface area (Å²) < 4.78 is 4.37. The number of rotatable bonds is 2. The highest BCUT2D eigenvalue weighted by atomic mass is 15.1. The number of fused-ring (bicyclic) bond motifs is 2. The molecule has 0 N–H and O–H groups in total. The third kappa shape index (κ3) is 2.12. The Labute approximate surface area is 140 Å². The Bertz CT molecular complexity index is 1010. The van der Waals surface area contributed by atoms with Crippen molar-refractivity contribution in [1.29, 1.82) is 0 Å². The largest absolute Gasteiger partial charge is 0.327 e. The van der Waals surface area contributed by atoms with Crippen LogP contribution in [0.3, 0.4) is 0 Å². The lowest BCUT2D eigenvalue weighted by atomic mass is 9.95. The van der Waals surface area contributed by atoms with E-state index in [9.17, 15) is 0 Å². The van der Waals surface area contributed by atoms with Crippen LogP contribution in [0, 0.1) is 0 Å². The summed E-state index contributed by atoms with van der Waals surface area (Å²) in [5.41, 5.74) is 5.16. The van der Waals surface area contributed by atoms with E-state index in [1.807, 2.05) is 35.5 Å². The van der Waals surface area contributed by atoms with Crippen molar-refractivity contribution in [3.8, 4) is 11.3 Å². The van der Waals surface area contributed by atoms with Gasteiger partial charge in [-0.15, -0.1) is 0 Å². The second-order valence-electron chi connectivity index (χ2n) is 6.58. The van der Waals surface area contributed by atoms with Gasteiger partial charge in [0.15, 0.2) is 5.65 Å². The summed E-state index contributed by atoms with van der Waals surface area (Å²) in [6, 6.07) is 6.98. The molecule has 0 aliphatic heterocycles. The summed E-state index contributed by atoms with van der Waals surface area (Å²) in [7, 11) is 0. The quantitative estimate of drug-likeness (QED) is 0.555. The Morgan fingerprint density at radius 3 is 2.62 bits per heavy atom. The Kier molecular flexibility index (Phi) is 3.11. The van der Waals surface area contributed by atoms with Crippen LogP contribution in [-0.4, -0.2) is 23.9 Å². The molecule has 0 amide bonds. The molecule has 1 aromatic carbocycles. The minimum atomic E-state index is 0.578. The number of nitrogens with zero attached hydrogens (tertiary/aromatic N) is 5. The summed E-state index contributed by atoms with van der Waals surface area (Å²) >= 11 is 0. The van der Waals surface area contributed by atoms with E-state index in [1.54, 1.807) is 0 Å². The highest BCUT2D eigenvalue weighted by Gasteiger charge is 2.18.